The third-order valence-corrected chi connectivity index (χ3v) is 6.46. The van der Waals surface area contributed by atoms with Crippen LogP contribution in [0.1, 0.15) is 63.3 Å². The van der Waals surface area contributed by atoms with Gasteiger partial charge in [0.1, 0.15) is 0 Å². The van der Waals surface area contributed by atoms with E-state index in [-0.39, 0.29) is 12.5 Å². The molecule has 7 nitrogen and oxygen atoms in total. The van der Waals surface area contributed by atoms with Crippen LogP contribution in [0.4, 0.5) is 8.78 Å². The second kappa shape index (κ2) is 12.7. The van der Waals surface area contributed by atoms with Gasteiger partial charge in [-0.3, -0.25) is 4.79 Å². The minimum Gasteiger partial charge on any atom is -0.389 e. The number of nitrogens with one attached hydrogen (secondary N) is 1. The fraction of sp³-hybridized carbons (Fsp3) is 0.600. The van der Waals surface area contributed by atoms with Crippen molar-refractivity contribution < 1.29 is 18.7 Å². The fourth-order valence-electron chi connectivity index (χ4n) is 4.34. The van der Waals surface area contributed by atoms with E-state index in [4.69, 9.17) is 0 Å². The normalized spacial score (nSPS) is 19.7. The number of halogens is 2. The highest BCUT2D eigenvalue weighted by molar-refractivity contribution is 5.86. The van der Waals surface area contributed by atoms with Crippen molar-refractivity contribution in [2.45, 2.75) is 82.8 Å². The number of hydrogen-bond acceptors (Lipinski definition) is 5. The number of rotatable bonds is 14. The lowest BCUT2D eigenvalue weighted by Gasteiger charge is -2.22. The number of H-pyrrole nitrogens is 1. The number of hydrogen-bond donors (Lipinski definition) is 2. The summed E-state index contributed by atoms with van der Waals surface area (Å²) in [5.41, 5.74) is 1.26. The molecule has 1 fully saturated rings. The van der Waals surface area contributed by atoms with Gasteiger partial charge in [-0.25, -0.2) is 0 Å². The lowest BCUT2D eigenvalue weighted by atomic mass is 9.95. The summed E-state index contributed by atoms with van der Waals surface area (Å²) in [5, 5.41) is 24.2. The fourth-order valence-corrected chi connectivity index (χ4v) is 4.34. The van der Waals surface area contributed by atoms with Crippen LogP contribution in [-0.2, 0) is 17.6 Å². The van der Waals surface area contributed by atoms with E-state index < -0.39 is 30.4 Å². The molecule has 1 aromatic carbocycles. The Kier molecular flexibility index (Phi) is 9.68. The van der Waals surface area contributed by atoms with Crippen molar-refractivity contribution in [1.29, 1.82) is 0 Å². The zero-order valence-electron chi connectivity index (χ0n) is 19.7. The smallest absolute Gasteiger partial charge is 0.327 e. The van der Waals surface area contributed by atoms with Gasteiger partial charge in [-0.2, -0.15) is 14.0 Å². The predicted octanol–water partition coefficient (Wildman–Crippen LogP) is 4.11. The SMILES string of the molecule is C[C@@H](CCCc1ccccc1)[C@H](O)C=CC1CC(F)(F)C(=O)N1CCCCCCc1nn[nH]n1. The van der Waals surface area contributed by atoms with E-state index >= 15 is 0 Å². The van der Waals surface area contributed by atoms with Crippen molar-refractivity contribution in [3.8, 4) is 0 Å². The first kappa shape index (κ1) is 25.9. The van der Waals surface area contributed by atoms with Gasteiger partial charge in [0, 0.05) is 19.4 Å². The summed E-state index contributed by atoms with van der Waals surface area (Å²) in [5.74, 6) is -3.79. The second-order valence-corrected chi connectivity index (χ2v) is 9.20. The summed E-state index contributed by atoms with van der Waals surface area (Å²) in [4.78, 5) is 13.5. The van der Waals surface area contributed by atoms with Gasteiger partial charge < -0.3 is 10.0 Å². The molecule has 2 N–H and O–H groups in total. The molecule has 3 atom stereocenters. The van der Waals surface area contributed by atoms with Crippen LogP contribution in [0.3, 0.4) is 0 Å². The number of likely N-dealkylation sites (tertiary alicyclic amines) is 1. The van der Waals surface area contributed by atoms with E-state index in [1.165, 1.54) is 10.5 Å². The molecule has 0 aliphatic carbocycles. The number of aryl methyl sites for hydroxylation is 2. The van der Waals surface area contributed by atoms with E-state index in [1.54, 1.807) is 12.2 Å². The molecule has 0 spiro atoms. The maximum absolute atomic E-state index is 14.1. The standard InChI is InChI=1S/C25H35F2N5O2/c1-19(10-9-13-20-11-5-4-6-12-20)22(33)16-15-21-18-25(26,27)24(34)32(21)17-8-3-2-7-14-23-28-30-31-29-23/h4-6,11-12,15-16,19,21-22,33H,2-3,7-10,13-14,17-18H2,1H3,(H,28,29,30,31)/t19-,21?,22+/m0/s1. The first-order chi connectivity index (χ1) is 16.4. The molecule has 34 heavy (non-hydrogen) atoms. The maximum atomic E-state index is 14.1. The molecule has 1 saturated heterocycles. The molecular formula is C25H35F2N5O2. The first-order valence-electron chi connectivity index (χ1n) is 12.2. The molecule has 186 valence electrons. The monoisotopic (exact) mass is 475 g/mol. The van der Waals surface area contributed by atoms with Gasteiger partial charge in [-0.05, 0) is 43.6 Å². The highest BCUT2D eigenvalue weighted by atomic mass is 19.3. The Hall–Kier alpha value is -2.68. The largest absolute Gasteiger partial charge is 0.389 e. The molecule has 1 aromatic heterocycles. The van der Waals surface area contributed by atoms with Crippen LogP contribution in [0.5, 0.6) is 0 Å². The summed E-state index contributed by atoms with van der Waals surface area (Å²) in [6.45, 7) is 2.25. The van der Waals surface area contributed by atoms with Crippen molar-refractivity contribution in [3.05, 3.63) is 53.9 Å². The van der Waals surface area contributed by atoms with E-state index in [2.05, 4.69) is 32.8 Å². The van der Waals surface area contributed by atoms with Crippen molar-refractivity contribution in [3.63, 3.8) is 0 Å². The lowest BCUT2D eigenvalue weighted by Crippen LogP contribution is -2.36. The Balaban J connectivity index is 1.42. The highest BCUT2D eigenvalue weighted by Gasteiger charge is 2.52. The Labute approximate surface area is 199 Å². The quantitative estimate of drug-likeness (QED) is 0.317. The third-order valence-electron chi connectivity index (χ3n) is 6.46. The highest BCUT2D eigenvalue weighted by Crippen LogP contribution is 2.34. The maximum Gasteiger partial charge on any atom is 0.327 e. The van der Waals surface area contributed by atoms with Gasteiger partial charge in [-0.1, -0.05) is 67.5 Å². The summed E-state index contributed by atoms with van der Waals surface area (Å²) in [6, 6.07) is 9.49. The Morgan fingerprint density at radius 1 is 1.18 bits per heavy atom. The third kappa shape index (κ3) is 7.68. The molecule has 1 amide bonds. The number of alkyl halides is 2. The van der Waals surface area contributed by atoms with Crippen LogP contribution in [0, 0.1) is 5.92 Å². The summed E-state index contributed by atoms with van der Waals surface area (Å²) in [7, 11) is 0. The second-order valence-electron chi connectivity index (χ2n) is 9.20. The van der Waals surface area contributed by atoms with Gasteiger partial charge in [0.15, 0.2) is 5.82 Å². The molecule has 0 bridgehead atoms. The topological polar surface area (TPSA) is 95.0 Å². The molecule has 0 saturated carbocycles. The van der Waals surface area contributed by atoms with Gasteiger partial charge in [0.2, 0.25) is 0 Å². The minimum absolute atomic E-state index is 0.00485. The van der Waals surface area contributed by atoms with Crippen molar-refractivity contribution in [1.82, 2.24) is 25.5 Å². The zero-order valence-corrected chi connectivity index (χ0v) is 19.7. The Morgan fingerprint density at radius 2 is 1.94 bits per heavy atom. The molecule has 2 aromatic rings. The summed E-state index contributed by atoms with van der Waals surface area (Å²) < 4.78 is 28.3. The first-order valence-corrected chi connectivity index (χ1v) is 12.2. The number of aromatic amines is 1. The lowest BCUT2D eigenvalue weighted by molar-refractivity contribution is -0.148. The molecule has 1 aliphatic rings. The molecule has 1 unspecified atom stereocenters. The number of aliphatic hydroxyl groups is 1. The number of aliphatic hydroxyl groups excluding tert-OH is 1. The van der Waals surface area contributed by atoms with E-state index in [0.717, 1.165) is 38.5 Å². The number of nitrogens with zero attached hydrogens (tertiary/aromatic N) is 4. The van der Waals surface area contributed by atoms with Crippen molar-refractivity contribution in [2.75, 3.05) is 6.54 Å². The number of aromatic nitrogens is 4. The van der Waals surface area contributed by atoms with Gasteiger partial charge in [0.25, 0.3) is 5.91 Å². The van der Waals surface area contributed by atoms with Crippen LogP contribution in [-0.4, -0.2) is 61.2 Å². The summed E-state index contributed by atoms with van der Waals surface area (Å²) >= 11 is 0. The average molecular weight is 476 g/mol. The zero-order chi connectivity index (χ0) is 24.4. The predicted molar refractivity (Wildman–Crippen MR) is 125 cm³/mol. The van der Waals surface area contributed by atoms with Gasteiger partial charge in [-0.15, -0.1) is 10.2 Å². The Bertz CT molecular complexity index is 892. The van der Waals surface area contributed by atoms with Crippen molar-refractivity contribution >= 4 is 5.91 Å². The van der Waals surface area contributed by atoms with Gasteiger partial charge >= 0.3 is 5.92 Å². The van der Waals surface area contributed by atoms with Crippen LogP contribution in [0.15, 0.2) is 42.5 Å². The number of tetrazole rings is 1. The number of carbonyl (C=O) groups is 1. The molecule has 1 aliphatic heterocycles. The number of benzene rings is 1. The van der Waals surface area contributed by atoms with Crippen LogP contribution in [0.25, 0.3) is 0 Å². The van der Waals surface area contributed by atoms with E-state index in [0.29, 0.717) is 18.7 Å². The average Bonchev–Trinajstić information content (AvgIpc) is 3.42. The van der Waals surface area contributed by atoms with Gasteiger partial charge in [0.05, 0.1) is 12.1 Å². The van der Waals surface area contributed by atoms with E-state index in [1.807, 2.05) is 25.1 Å². The summed E-state index contributed by atoms with van der Waals surface area (Å²) in [6.07, 6.45) is 8.58. The number of unbranched alkanes of at least 4 members (excludes halogenated alkanes) is 3. The Morgan fingerprint density at radius 3 is 2.68 bits per heavy atom. The van der Waals surface area contributed by atoms with Crippen LogP contribution >= 0.6 is 0 Å². The minimum atomic E-state index is -3.35. The van der Waals surface area contributed by atoms with Crippen molar-refractivity contribution in [2.24, 2.45) is 5.92 Å². The number of carbonyl (C=O) groups excluding carboxylic acids is 1. The van der Waals surface area contributed by atoms with Crippen LogP contribution in [0.2, 0.25) is 0 Å². The molecular weight excluding hydrogens is 440 g/mol. The van der Waals surface area contributed by atoms with Crippen LogP contribution < -0.4 is 0 Å². The number of amides is 1. The molecule has 9 heteroatoms. The molecule has 2 heterocycles. The molecule has 3 rings (SSSR count). The molecule has 0 radical (unpaired) electrons. The van der Waals surface area contributed by atoms with E-state index in [9.17, 15) is 18.7 Å².